The highest BCUT2D eigenvalue weighted by molar-refractivity contribution is 8.00. The van der Waals surface area contributed by atoms with Crippen LogP contribution in [0.25, 0.3) is 0 Å². The van der Waals surface area contributed by atoms with Gasteiger partial charge in [0.2, 0.25) is 5.24 Å². The molecule has 0 aromatic heterocycles. The molecule has 0 fully saturated rings. The van der Waals surface area contributed by atoms with Crippen LogP contribution in [0.1, 0.15) is 71.1 Å². The molecule has 0 N–H and O–H groups in total. The van der Waals surface area contributed by atoms with Crippen molar-refractivity contribution in [3.8, 4) is 0 Å². The molecule has 0 bridgehead atoms. The van der Waals surface area contributed by atoms with Crippen molar-refractivity contribution in [1.29, 1.82) is 0 Å². The number of halogens is 1. The van der Waals surface area contributed by atoms with Crippen LogP contribution in [0.3, 0.4) is 0 Å². The largest absolute Gasteiger partial charge is 0.280 e. The van der Waals surface area contributed by atoms with Crippen molar-refractivity contribution in [1.82, 2.24) is 0 Å². The van der Waals surface area contributed by atoms with Gasteiger partial charge < -0.3 is 0 Å². The van der Waals surface area contributed by atoms with E-state index in [0.29, 0.717) is 5.75 Å². The van der Waals surface area contributed by atoms with Crippen LogP contribution in [0.5, 0.6) is 0 Å². The molecule has 0 atom stereocenters. The maximum atomic E-state index is 10.5. The van der Waals surface area contributed by atoms with E-state index < -0.39 is 0 Å². The van der Waals surface area contributed by atoms with Crippen molar-refractivity contribution >= 4 is 28.6 Å². The number of hydrogen-bond donors (Lipinski definition) is 0. The van der Waals surface area contributed by atoms with Crippen molar-refractivity contribution in [2.45, 2.75) is 71.1 Å². The number of hydrogen-bond acceptors (Lipinski definition) is 2. The summed E-state index contributed by atoms with van der Waals surface area (Å²) in [7, 11) is 0. The minimum absolute atomic E-state index is 0.220. The van der Waals surface area contributed by atoms with Gasteiger partial charge >= 0.3 is 0 Å². The second-order valence-electron chi connectivity index (χ2n) is 4.59. The molecule has 0 aromatic rings. The van der Waals surface area contributed by atoms with Gasteiger partial charge in [-0.3, -0.25) is 4.79 Å². The molecule has 0 saturated heterocycles. The summed E-state index contributed by atoms with van der Waals surface area (Å²) in [5, 5.41) is -0.220. The third-order valence-corrected chi connectivity index (χ3v) is 4.19. The zero-order valence-corrected chi connectivity index (χ0v) is 12.8. The van der Waals surface area contributed by atoms with Crippen LogP contribution >= 0.6 is 23.4 Å². The molecule has 0 amide bonds. The van der Waals surface area contributed by atoms with Crippen LogP contribution in [-0.4, -0.2) is 16.7 Å². The van der Waals surface area contributed by atoms with E-state index >= 15 is 0 Å². The number of carbonyl (C=O) groups is 1. The van der Waals surface area contributed by atoms with Gasteiger partial charge in [-0.15, -0.1) is 0 Å². The monoisotopic (exact) mass is 278 g/mol. The van der Waals surface area contributed by atoms with E-state index in [1.165, 1.54) is 64.2 Å². The highest BCUT2D eigenvalue weighted by atomic mass is 35.5. The molecular weight excluding hydrogens is 252 g/mol. The molecule has 102 valence electrons. The van der Waals surface area contributed by atoms with E-state index in [1.807, 2.05) is 0 Å². The molecular formula is C14H27ClOS. The fourth-order valence-electron chi connectivity index (χ4n) is 1.84. The Morgan fingerprint density at radius 1 is 0.882 bits per heavy atom. The fourth-order valence-corrected chi connectivity index (χ4v) is 2.79. The smallest absolute Gasteiger partial charge is 0.231 e. The third kappa shape index (κ3) is 16.3. The first kappa shape index (κ1) is 17.3. The summed E-state index contributed by atoms with van der Waals surface area (Å²) in [5.74, 6) is 1.55. The number of thioether (sulfide) groups is 1. The first-order valence-electron chi connectivity index (χ1n) is 7.03. The Balaban J connectivity index is 2.91. The minimum Gasteiger partial charge on any atom is -0.280 e. The maximum absolute atomic E-state index is 10.5. The van der Waals surface area contributed by atoms with E-state index in [9.17, 15) is 4.79 Å². The molecule has 0 aliphatic carbocycles. The third-order valence-electron chi connectivity index (χ3n) is 2.86. The molecule has 0 spiro atoms. The van der Waals surface area contributed by atoms with Crippen LogP contribution in [0.2, 0.25) is 0 Å². The predicted octanol–water partition coefficient (Wildman–Crippen LogP) is 5.41. The van der Waals surface area contributed by atoms with Gasteiger partial charge in [0.05, 0.1) is 5.75 Å². The van der Waals surface area contributed by atoms with E-state index in [4.69, 9.17) is 11.6 Å². The van der Waals surface area contributed by atoms with E-state index in [2.05, 4.69) is 6.92 Å². The summed E-state index contributed by atoms with van der Waals surface area (Å²) in [6, 6.07) is 0. The lowest BCUT2D eigenvalue weighted by atomic mass is 10.1. The lowest BCUT2D eigenvalue weighted by molar-refractivity contribution is -0.109. The summed E-state index contributed by atoms with van der Waals surface area (Å²) in [6.45, 7) is 2.26. The van der Waals surface area contributed by atoms with Crippen molar-refractivity contribution in [3.05, 3.63) is 0 Å². The average molecular weight is 279 g/mol. The van der Waals surface area contributed by atoms with Crippen LogP contribution in [0.4, 0.5) is 0 Å². The number of carbonyl (C=O) groups excluding carboxylic acids is 1. The standard InChI is InChI=1S/C14H27ClOS/c1-2-3-4-5-6-7-8-9-10-11-12-17-13-14(15)16/h2-13H2,1H3. The second-order valence-corrected chi connectivity index (χ2v) is 6.12. The Labute approximate surface area is 116 Å². The van der Waals surface area contributed by atoms with E-state index in [-0.39, 0.29) is 5.24 Å². The van der Waals surface area contributed by atoms with Gasteiger partial charge in [-0.2, -0.15) is 11.8 Å². The van der Waals surface area contributed by atoms with Gasteiger partial charge in [0, 0.05) is 0 Å². The average Bonchev–Trinajstić information content (AvgIpc) is 2.30. The quantitative estimate of drug-likeness (QED) is 0.331. The van der Waals surface area contributed by atoms with Crippen LogP contribution < -0.4 is 0 Å². The molecule has 0 radical (unpaired) electrons. The summed E-state index contributed by atoms with van der Waals surface area (Å²) < 4.78 is 0. The Hall–Kier alpha value is 0.310. The molecule has 0 heterocycles. The number of rotatable bonds is 13. The van der Waals surface area contributed by atoms with Gasteiger partial charge in [0.25, 0.3) is 0 Å². The summed E-state index contributed by atoms with van der Waals surface area (Å²) in [6.07, 6.45) is 13.6. The molecule has 17 heavy (non-hydrogen) atoms. The molecule has 1 nitrogen and oxygen atoms in total. The molecule has 3 heteroatoms. The van der Waals surface area contributed by atoms with Crippen LogP contribution in [-0.2, 0) is 4.79 Å². The summed E-state index contributed by atoms with van der Waals surface area (Å²) in [5.41, 5.74) is 0. The van der Waals surface area contributed by atoms with Crippen molar-refractivity contribution < 1.29 is 4.79 Å². The van der Waals surface area contributed by atoms with Crippen molar-refractivity contribution in [2.24, 2.45) is 0 Å². The van der Waals surface area contributed by atoms with Crippen molar-refractivity contribution in [2.75, 3.05) is 11.5 Å². The normalized spacial score (nSPS) is 10.7. The van der Waals surface area contributed by atoms with Gasteiger partial charge in [0.1, 0.15) is 0 Å². The van der Waals surface area contributed by atoms with Crippen molar-refractivity contribution in [3.63, 3.8) is 0 Å². The molecule has 0 saturated carbocycles. The van der Waals surface area contributed by atoms with E-state index in [0.717, 1.165) is 5.75 Å². The Bertz CT molecular complexity index is 174. The van der Waals surface area contributed by atoms with Crippen LogP contribution in [0, 0.1) is 0 Å². The first-order valence-corrected chi connectivity index (χ1v) is 8.56. The Morgan fingerprint density at radius 2 is 1.35 bits per heavy atom. The van der Waals surface area contributed by atoms with Crippen LogP contribution in [0.15, 0.2) is 0 Å². The Morgan fingerprint density at radius 3 is 1.82 bits per heavy atom. The predicted molar refractivity (Wildman–Crippen MR) is 80.0 cm³/mol. The highest BCUT2D eigenvalue weighted by Crippen LogP contribution is 2.12. The lowest BCUT2D eigenvalue weighted by Gasteiger charge is -2.02. The summed E-state index contributed by atoms with van der Waals surface area (Å²) in [4.78, 5) is 10.5. The zero-order valence-electron chi connectivity index (χ0n) is 11.2. The van der Waals surface area contributed by atoms with Gasteiger partial charge in [-0.25, -0.2) is 0 Å². The molecule has 0 rings (SSSR count). The fraction of sp³-hybridized carbons (Fsp3) is 0.929. The molecule has 0 aliphatic heterocycles. The topological polar surface area (TPSA) is 17.1 Å². The minimum atomic E-state index is -0.220. The molecule has 0 aromatic carbocycles. The lowest BCUT2D eigenvalue weighted by Crippen LogP contribution is -1.91. The number of unbranched alkanes of at least 4 members (excludes halogenated alkanes) is 9. The summed E-state index contributed by atoms with van der Waals surface area (Å²) >= 11 is 6.91. The zero-order chi connectivity index (χ0) is 12.8. The van der Waals surface area contributed by atoms with Gasteiger partial charge in [0.15, 0.2) is 0 Å². The highest BCUT2D eigenvalue weighted by Gasteiger charge is 1.96. The molecule has 0 aliphatic rings. The van der Waals surface area contributed by atoms with Gasteiger partial charge in [-0.05, 0) is 23.8 Å². The SMILES string of the molecule is CCCCCCCCCCCCSCC(=O)Cl. The molecule has 0 unspecified atom stereocenters. The Kier molecular flexibility index (Phi) is 14.6. The second kappa shape index (κ2) is 14.4. The van der Waals surface area contributed by atoms with E-state index in [1.54, 1.807) is 11.8 Å². The first-order chi connectivity index (χ1) is 8.27. The van der Waals surface area contributed by atoms with Gasteiger partial charge in [-0.1, -0.05) is 64.7 Å². The maximum Gasteiger partial charge on any atom is 0.231 e.